The summed E-state index contributed by atoms with van der Waals surface area (Å²) >= 11 is 13.3. The number of nitrogens with one attached hydrogen (secondary N) is 1. The minimum Gasteiger partial charge on any atom is -0.495 e. The van der Waals surface area contributed by atoms with Crippen LogP contribution in [0.15, 0.2) is 41.6 Å². The van der Waals surface area contributed by atoms with Crippen molar-refractivity contribution in [2.24, 2.45) is 7.05 Å². The Hall–Kier alpha value is -2.42. The van der Waals surface area contributed by atoms with Gasteiger partial charge >= 0.3 is 0 Å². The number of halogens is 2. The Morgan fingerprint density at radius 2 is 1.80 bits per heavy atom. The fourth-order valence-corrected chi connectivity index (χ4v) is 3.77. The lowest BCUT2D eigenvalue weighted by Crippen LogP contribution is -2.15. The van der Waals surface area contributed by atoms with Crippen molar-refractivity contribution in [1.82, 2.24) is 14.8 Å². The third-order valence-corrected chi connectivity index (χ3v) is 5.85. The Morgan fingerprint density at radius 3 is 2.47 bits per heavy atom. The van der Waals surface area contributed by atoms with E-state index < -0.39 is 0 Å². The van der Waals surface area contributed by atoms with Crippen LogP contribution in [0.4, 0.5) is 5.69 Å². The standard InChI is InChI=1S/C20H20Cl2N4O3S/c1-26-18(8-12-4-6-13(21)7-5-12)24-25-20(26)30-11-19(27)23-15-10-16(28-2)14(22)9-17(15)29-3/h4-7,9-10H,8,11H2,1-3H3,(H,23,27). The number of anilines is 1. The molecular weight excluding hydrogens is 447 g/mol. The van der Waals surface area contributed by atoms with Gasteiger partial charge in [0.05, 0.1) is 30.7 Å². The lowest BCUT2D eigenvalue weighted by Gasteiger charge is -2.13. The van der Waals surface area contributed by atoms with E-state index in [9.17, 15) is 4.79 Å². The van der Waals surface area contributed by atoms with E-state index in [2.05, 4.69) is 15.5 Å². The minimum atomic E-state index is -0.218. The van der Waals surface area contributed by atoms with E-state index in [4.69, 9.17) is 32.7 Å². The Morgan fingerprint density at radius 1 is 1.10 bits per heavy atom. The number of methoxy groups -OCH3 is 2. The van der Waals surface area contributed by atoms with Crippen molar-refractivity contribution in [2.45, 2.75) is 11.6 Å². The molecule has 0 radical (unpaired) electrons. The lowest BCUT2D eigenvalue weighted by molar-refractivity contribution is -0.113. The number of rotatable bonds is 8. The van der Waals surface area contributed by atoms with Crippen molar-refractivity contribution in [3.05, 3.63) is 57.8 Å². The molecule has 0 aliphatic rings. The van der Waals surface area contributed by atoms with E-state index in [-0.39, 0.29) is 11.7 Å². The maximum atomic E-state index is 12.4. The highest BCUT2D eigenvalue weighted by molar-refractivity contribution is 7.99. The van der Waals surface area contributed by atoms with E-state index in [0.717, 1.165) is 11.4 Å². The second-order valence-electron chi connectivity index (χ2n) is 6.28. The maximum absolute atomic E-state index is 12.4. The summed E-state index contributed by atoms with van der Waals surface area (Å²) in [6.45, 7) is 0. The second-order valence-corrected chi connectivity index (χ2v) is 8.07. The molecule has 0 spiro atoms. The van der Waals surface area contributed by atoms with Gasteiger partial charge in [-0.1, -0.05) is 47.1 Å². The van der Waals surface area contributed by atoms with E-state index in [1.165, 1.54) is 26.0 Å². The van der Waals surface area contributed by atoms with Crippen LogP contribution in [0.25, 0.3) is 0 Å². The van der Waals surface area contributed by atoms with Gasteiger partial charge in [0.2, 0.25) is 5.91 Å². The predicted molar refractivity (Wildman–Crippen MR) is 119 cm³/mol. The van der Waals surface area contributed by atoms with E-state index >= 15 is 0 Å². The van der Waals surface area contributed by atoms with Crippen LogP contribution in [0.5, 0.6) is 11.5 Å². The molecule has 1 aromatic heterocycles. The normalized spacial score (nSPS) is 10.7. The zero-order valence-corrected chi connectivity index (χ0v) is 18.9. The van der Waals surface area contributed by atoms with Gasteiger partial charge < -0.3 is 19.4 Å². The van der Waals surface area contributed by atoms with Gasteiger partial charge in [-0.25, -0.2) is 0 Å². The molecule has 0 aliphatic carbocycles. The number of ether oxygens (including phenoxy) is 2. The summed E-state index contributed by atoms with van der Waals surface area (Å²) in [5.74, 6) is 1.62. The van der Waals surface area contributed by atoms with Crippen molar-refractivity contribution in [3.8, 4) is 11.5 Å². The van der Waals surface area contributed by atoms with Crippen molar-refractivity contribution in [1.29, 1.82) is 0 Å². The topological polar surface area (TPSA) is 78.3 Å². The van der Waals surface area contributed by atoms with Crippen LogP contribution in [0.3, 0.4) is 0 Å². The fraction of sp³-hybridized carbons (Fsp3) is 0.250. The van der Waals surface area contributed by atoms with Crippen molar-refractivity contribution < 1.29 is 14.3 Å². The molecule has 0 atom stereocenters. The number of nitrogens with zero attached hydrogens (tertiary/aromatic N) is 3. The predicted octanol–water partition coefficient (Wildman–Crippen LogP) is 4.46. The molecule has 1 amide bonds. The third kappa shape index (κ3) is 5.38. The molecular formula is C20H20Cl2N4O3S. The van der Waals surface area contributed by atoms with Gasteiger partial charge in [0.25, 0.3) is 0 Å². The molecule has 2 aromatic carbocycles. The first kappa shape index (κ1) is 22.3. The van der Waals surface area contributed by atoms with Gasteiger partial charge in [-0.2, -0.15) is 0 Å². The van der Waals surface area contributed by atoms with Crippen LogP contribution in [0.2, 0.25) is 10.0 Å². The first-order chi connectivity index (χ1) is 14.4. The van der Waals surface area contributed by atoms with Gasteiger partial charge in [0.1, 0.15) is 17.3 Å². The number of hydrogen-bond donors (Lipinski definition) is 1. The second kappa shape index (κ2) is 10.1. The highest BCUT2D eigenvalue weighted by Crippen LogP contribution is 2.36. The first-order valence-corrected chi connectivity index (χ1v) is 10.6. The van der Waals surface area contributed by atoms with E-state index in [0.29, 0.717) is 38.8 Å². The van der Waals surface area contributed by atoms with Crippen molar-refractivity contribution in [3.63, 3.8) is 0 Å². The van der Waals surface area contributed by atoms with Gasteiger partial charge in [0, 0.05) is 30.6 Å². The Labute approximate surface area is 188 Å². The SMILES string of the molecule is COc1cc(NC(=O)CSc2nnc(Cc3ccc(Cl)cc3)n2C)c(OC)cc1Cl. The zero-order valence-electron chi connectivity index (χ0n) is 16.6. The molecule has 10 heteroatoms. The summed E-state index contributed by atoms with van der Waals surface area (Å²) in [6.07, 6.45) is 0.620. The van der Waals surface area contributed by atoms with Crippen molar-refractivity contribution in [2.75, 3.05) is 25.3 Å². The molecule has 0 saturated heterocycles. The monoisotopic (exact) mass is 466 g/mol. The summed E-state index contributed by atoms with van der Waals surface area (Å²) in [4.78, 5) is 12.4. The van der Waals surface area contributed by atoms with Crippen molar-refractivity contribution >= 4 is 46.6 Å². The minimum absolute atomic E-state index is 0.154. The molecule has 0 aliphatic heterocycles. The third-order valence-electron chi connectivity index (χ3n) is 4.28. The Bertz CT molecular complexity index is 1040. The summed E-state index contributed by atoms with van der Waals surface area (Å²) < 4.78 is 12.3. The largest absolute Gasteiger partial charge is 0.495 e. The Balaban J connectivity index is 1.63. The summed E-state index contributed by atoms with van der Waals surface area (Å²) in [5.41, 5.74) is 1.55. The number of amides is 1. The number of benzene rings is 2. The van der Waals surface area contributed by atoms with E-state index in [1.807, 2.05) is 35.9 Å². The molecule has 0 unspecified atom stereocenters. The fourth-order valence-electron chi connectivity index (χ4n) is 2.68. The number of carbonyl (C=O) groups excluding carboxylic acids is 1. The van der Waals surface area contributed by atoms with Gasteiger partial charge in [0.15, 0.2) is 5.16 Å². The number of hydrogen-bond acceptors (Lipinski definition) is 6. The van der Waals surface area contributed by atoms with Crippen LogP contribution in [-0.2, 0) is 18.3 Å². The van der Waals surface area contributed by atoms with Crippen LogP contribution < -0.4 is 14.8 Å². The molecule has 1 heterocycles. The summed E-state index contributed by atoms with van der Waals surface area (Å²) in [7, 11) is 4.88. The average Bonchev–Trinajstić information content (AvgIpc) is 3.08. The molecule has 30 heavy (non-hydrogen) atoms. The summed E-state index contributed by atoms with van der Waals surface area (Å²) in [6, 6.07) is 10.8. The highest BCUT2D eigenvalue weighted by atomic mass is 35.5. The van der Waals surface area contributed by atoms with Gasteiger partial charge in [-0.3, -0.25) is 4.79 Å². The highest BCUT2D eigenvalue weighted by Gasteiger charge is 2.15. The average molecular weight is 467 g/mol. The molecule has 3 rings (SSSR count). The van der Waals surface area contributed by atoms with Crippen LogP contribution in [0, 0.1) is 0 Å². The molecule has 7 nitrogen and oxygen atoms in total. The first-order valence-electron chi connectivity index (χ1n) is 8.88. The van der Waals surface area contributed by atoms with E-state index in [1.54, 1.807) is 12.1 Å². The number of carbonyl (C=O) groups is 1. The van der Waals surface area contributed by atoms with Gasteiger partial charge in [-0.15, -0.1) is 10.2 Å². The molecule has 158 valence electrons. The molecule has 0 bridgehead atoms. The molecule has 0 saturated carbocycles. The molecule has 3 aromatic rings. The lowest BCUT2D eigenvalue weighted by atomic mass is 10.1. The molecule has 1 N–H and O–H groups in total. The number of thioether (sulfide) groups is 1. The number of aromatic nitrogens is 3. The zero-order chi connectivity index (χ0) is 21.7. The Kier molecular flexibility index (Phi) is 7.47. The summed E-state index contributed by atoms with van der Waals surface area (Å²) in [5, 5.41) is 13.0. The quantitative estimate of drug-likeness (QED) is 0.493. The van der Waals surface area contributed by atoms with Crippen LogP contribution >= 0.6 is 35.0 Å². The van der Waals surface area contributed by atoms with Gasteiger partial charge in [-0.05, 0) is 17.7 Å². The molecule has 0 fully saturated rings. The maximum Gasteiger partial charge on any atom is 0.234 e. The smallest absolute Gasteiger partial charge is 0.234 e. The van der Waals surface area contributed by atoms with Crippen LogP contribution in [0.1, 0.15) is 11.4 Å². The van der Waals surface area contributed by atoms with Crippen LogP contribution in [-0.4, -0.2) is 40.6 Å².